The Morgan fingerprint density at radius 2 is 2.10 bits per heavy atom. The Morgan fingerprint density at radius 3 is 2.70 bits per heavy atom. The summed E-state index contributed by atoms with van der Waals surface area (Å²) in [6, 6.07) is 5.72. The number of hydrogen-bond acceptors (Lipinski definition) is 3. The van der Waals surface area contributed by atoms with Crippen LogP contribution >= 0.6 is 15.9 Å². The van der Waals surface area contributed by atoms with Gasteiger partial charge in [0.05, 0.1) is 15.7 Å². The van der Waals surface area contributed by atoms with Crippen molar-refractivity contribution in [3.63, 3.8) is 0 Å². The van der Waals surface area contributed by atoms with Crippen LogP contribution in [0.25, 0.3) is 0 Å². The van der Waals surface area contributed by atoms with Crippen molar-refractivity contribution in [2.45, 2.75) is 32.7 Å². The summed E-state index contributed by atoms with van der Waals surface area (Å²) in [5, 5.41) is 11.9. The van der Waals surface area contributed by atoms with E-state index >= 15 is 0 Å². The minimum Gasteiger partial charge on any atom is -0.383 e. The van der Waals surface area contributed by atoms with Crippen molar-refractivity contribution in [1.29, 1.82) is 5.26 Å². The molecule has 0 aliphatic carbocycles. The average Bonchev–Trinajstić information content (AvgIpc) is 2.42. The summed E-state index contributed by atoms with van der Waals surface area (Å²) in [7, 11) is 2.11. The molecule has 0 atom stereocenters. The molecule has 0 saturated heterocycles. The zero-order valence-electron chi connectivity index (χ0n) is 12.2. The van der Waals surface area contributed by atoms with Crippen LogP contribution in [0.3, 0.4) is 0 Å². The van der Waals surface area contributed by atoms with Crippen molar-refractivity contribution in [3.8, 4) is 6.07 Å². The monoisotopic (exact) mass is 341 g/mol. The zero-order valence-corrected chi connectivity index (χ0v) is 13.8. The van der Waals surface area contributed by atoms with Crippen molar-refractivity contribution < 1.29 is 4.39 Å². The quantitative estimate of drug-likeness (QED) is 0.762. The number of nitrogens with one attached hydrogen (secondary N) is 1. The third kappa shape index (κ3) is 4.77. The SMILES string of the molecule is CC(C)N(C)CCCCNc1ccc(C#N)c(Br)c1F. The molecule has 0 spiro atoms. The zero-order chi connectivity index (χ0) is 15.1. The molecule has 110 valence electrons. The molecule has 1 aromatic carbocycles. The number of anilines is 1. The molecule has 0 fully saturated rings. The van der Waals surface area contributed by atoms with Crippen LogP contribution in [0, 0.1) is 17.1 Å². The second kappa shape index (κ2) is 8.23. The predicted octanol–water partition coefficient (Wildman–Crippen LogP) is 3.99. The Morgan fingerprint density at radius 1 is 1.40 bits per heavy atom. The number of rotatable bonds is 7. The molecule has 0 radical (unpaired) electrons. The third-order valence-electron chi connectivity index (χ3n) is 3.34. The van der Waals surface area contributed by atoms with Crippen LogP contribution in [0.1, 0.15) is 32.3 Å². The van der Waals surface area contributed by atoms with Gasteiger partial charge in [-0.05, 0) is 68.3 Å². The lowest BCUT2D eigenvalue weighted by Gasteiger charge is -2.20. The fourth-order valence-corrected chi connectivity index (χ4v) is 2.17. The van der Waals surface area contributed by atoms with Crippen LogP contribution in [0.4, 0.5) is 10.1 Å². The molecule has 0 aliphatic heterocycles. The molecular formula is C15H21BrFN3. The fourth-order valence-electron chi connectivity index (χ4n) is 1.74. The van der Waals surface area contributed by atoms with Crippen molar-refractivity contribution in [3.05, 3.63) is 28.0 Å². The summed E-state index contributed by atoms with van der Waals surface area (Å²) in [5.41, 5.74) is 0.750. The number of halogens is 2. The molecule has 0 aliphatic rings. The highest BCUT2D eigenvalue weighted by atomic mass is 79.9. The van der Waals surface area contributed by atoms with E-state index in [0.29, 0.717) is 17.3 Å². The highest BCUT2D eigenvalue weighted by Gasteiger charge is 2.10. The molecule has 0 aromatic heterocycles. The van der Waals surface area contributed by atoms with Gasteiger partial charge in [-0.25, -0.2) is 4.39 Å². The highest BCUT2D eigenvalue weighted by molar-refractivity contribution is 9.10. The van der Waals surface area contributed by atoms with E-state index in [1.165, 1.54) is 0 Å². The number of hydrogen-bond donors (Lipinski definition) is 1. The van der Waals surface area contributed by atoms with E-state index in [4.69, 9.17) is 5.26 Å². The van der Waals surface area contributed by atoms with Gasteiger partial charge in [-0.2, -0.15) is 5.26 Å². The Labute approximate surface area is 128 Å². The standard InChI is InChI=1S/C15H21BrFN3/c1-11(2)20(3)9-5-4-8-19-13-7-6-12(10-18)14(16)15(13)17/h6-7,11,19H,4-5,8-9H2,1-3H3. The summed E-state index contributed by atoms with van der Waals surface area (Å²) in [4.78, 5) is 2.29. The van der Waals surface area contributed by atoms with Crippen LogP contribution in [0.2, 0.25) is 0 Å². The summed E-state index contributed by atoms with van der Waals surface area (Å²) in [6.45, 7) is 6.10. The van der Waals surface area contributed by atoms with Gasteiger partial charge in [0.1, 0.15) is 6.07 Å². The first-order chi connectivity index (χ1) is 9.47. The lowest BCUT2D eigenvalue weighted by molar-refractivity contribution is 0.269. The molecule has 3 nitrogen and oxygen atoms in total. The van der Waals surface area contributed by atoms with Gasteiger partial charge < -0.3 is 10.2 Å². The smallest absolute Gasteiger partial charge is 0.161 e. The normalized spacial score (nSPS) is 10.9. The summed E-state index contributed by atoms with van der Waals surface area (Å²) in [6.07, 6.45) is 2.05. The van der Waals surface area contributed by atoms with Crippen LogP contribution in [-0.4, -0.2) is 31.1 Å². The van der Waals surface area contributed by atoms with Gasteiger partial charge in [-0.1, -0.05) is 0 Å². The minimum absolute atomic E-state index is 0.226. The molecule has 0 unspecified atom stereocenters. The molecule has 0 amide bonds. The molecule has 5 heteroatoms. The summed E-state index contributed by atoms with van der Waals surface area (Å²) in [5.74, 6) is -0.400. The van der Waals surface area contributed by atoms with E-state index in [2.05, 4.69) is 47.0 Å². The molecule has 0 bridgehead atoms. The van der Waals surface area contributed by atoms with Gasteiger partial charge in [0.2, 0.25) is 0 Å². The van der Waals surface area contributed by atoms with Crippen LogP contribution in [0.15, 0.2) is 16.6 Å². The second-order valence-corrected chi connectivity index (χ2v) is 5.90. The van der Waals surface area contributed by atoms with Crippen LogP contribution in [-0.2, 0) is 0 Å². The van der Waals surface area contributed by atoms with Gasteiger partial charge in [0.15, 0.2) is 5.82 Å². The van der Waals surface area contributed by atoms with E-state index in [1.807, 2.05) is 6.07 Å². The Bertz CT molecular complexity index is 483. The fraction of sp³-hybridized carbons (Fsp3) is 0.533. The van der Waals surface area contributed by atoms with E-state index < -0.39 is 5.82 Å². The average molecular weight is 342 g/mol. The van der Waals surface area contributed by atoms with E-state index in [1.54, 1.807) is 12.1 Å². The first-order valence-electron chi connectivity index (χ1n) is 6.79. The van der Waals surface area contributed by atoms with Gasteiger partial charge in [0.25, 0.3) is 0 Å². The van der Waals surface area contributed by atoms with Gasteiger partial charge >= 0.3 is 0 Å². The topological polar surface area (TPSA) is 39.1 Å². The van der Waals surface area contributed by atoms with E-state index in [-0.39, 0.29) is 4.47 Å². The molecule has 1 N–H and O–H groups in total. The number of nitriles is 1. The molecule has 1 rings (SSSR count). The van der Waals surface area contributed by atoms with Gasteiger partial charge in [-0.3, -0.25) is 0 Å². The van der Waals surface area contributed by atoms with E-state index in [9.17, 15) is 4.39 Å². The molecule has 0 heterocycles. The molecule has 0 saturated carbocycles. The predicted molar refractivity (Wildman–Crippen MR) is 84.3 cm³/mol. The van der Waals surface area contributed by atoms with Crippen molar-refractivity contribution >= 4 is 21.6 Å². The minimum atomic E-state index is -0.400. The van der Waals surface area contributed by atoms with Gasteiger partial charge in [-0.15, -0.1) is 0 Å². The van der Waals surface area contributed by atoms with Crippen molar-refractivity contribution in [2.75, 3.05) is 25.5 Å². The lowest BCUT2D eigenvalue weighted by Crippen LogP contribution is -2.27. The number of benzene rings is 1. The van der Waals surface area contributed by atoms with Crippen molar-refractivity contribution in [2.24, 2.45) is 0 Å². The second-order valence-electron chi connectivity index (χ2n) is 5.11. The maximum absolute atomic E-state index is 13.9. The number of nitrogens with zero attached hydrogens (tertiary/aromatic N) is 2. The first kappa shape index (κ1) is 16.9. The third-order valence-corrected chi connectivity index (χ3v) is 4.11. The van der Waals surface area contributed by atoms with Crippen LogP contribution in [0.5, 0.6) is 0 Å². The van der Waals surface area contributed by atoms with Gasteiger partial charge in [0, 0.05) is 12.6 Å². The van der Waals surface area contributed by atoms with E-state index in [0.717, 1.165) is 25.9 Å². The summed E-state index contributed by atoms with van der Waals surface area (Å²) >= 11 is 3.10. The molecular weight excluding hydrogens is 321 g/mol. The van der Waals surface area contributed by atoms with Crippen molar-refractivity contribution in [1.82, 2.24) is 4.90 Å². The molecule has 1 aromatic rings. The maximum Gasteiger partial charge on any atom is 0.161 e. The Hall–Kier alpha value is -1.12. The lowest BCUT2D eigenvalue weighted by atomic mass is 10.2. The Kier molecular flexibility index (Phi) is 6.97. The Balaban J connectivity index is 2.40. The highest BCUT2D eigenvalue weighted by Crippen LogP contribution is 2.26. The summed E-state index contributed by atoms with van der Waals surface area (Å²) < 4.78 is 14.2. The maximum atomic E-state index is 13.9. The molecule has 20 heavy (non-hydrogen) atoms. The first-order valence-corrected chi connectivity index (χ1v) is 7.59. The largest absolute Gasteiger partial charge is 0.383 e. The van der Waals surface area contributed by atoms with Crippen LogP contribution < -0.4 is 5.32 Å². The number of unbranched alkanes of at least 4 members (excludes halogenated alkanes) is 1.